The second-order valence-electron chi connectivity index (χ2n) is 6.92. The molecule has 1 aromatic heterocycles. The van der Waals surface area contributed by atoms with Crippen molar-refractivity contribution in [3.63, 3.8) is 0 Å². The summed E-state index contributed by atoms with van der Waals surface area (Å²) in [6.45, 7) is 2.59. The molecule has 0 unspecified atom stereocenters. The van der Waals surface area contributed by atoms with Crippen LogP contribution in [0.15, 0.2) is 42.7 Å². The van der Waals surface area contributed by atoms with Gasteiger partial charge < -0.3 is 15.1 Å². The Balaban J connectivity index is 1.44. The molecule has 27 heavy (non-hydrogen) atoms. The van der Waals surface area contributed by atoms with Crippen molar-refractivity contribution in [3.05, 3.63) is 53.3 Å². The SMILES string of the molecule is O=C(Nc1ccc(N2CCSCC2)c(Cl)c1)N(Cc1cccnc1)C1CC1. The Labute approximate surface area is 169 Å². The van der Waals surface area contributed by atoms with Crippen LogP contribution in [0.1, 0.15) is 18.4 Å². The van der Waals surface area contributed by atoms with Gasteiger partial charge >= 0.3 is 6.03 Å². The summed E-state index contributed by atoms with van der Waals surface area (Å²) < 4.78 is 0. The van der Waals surface area contributed by atoms with Crippen molar-refractivity contribution in [3.8, 4) is 0 Å². The monoisotopic (exact) mass is 402 g/mol. The van der Waals surface area contributed by atoms with E-state index in [1.165, 1.54) is 0 Å². The zero-order chi connectivity index (χ0) is 18.6. The number of rotatable bonds is 5. The van der Waals surface area contributed by atoms with Crippen LogP contribution in [0.25, 0.3) is 0 Å². The summed E-state index contributed by atoms with van der Waals surface area (Å²) >= 11 is 8.48. The van der Waals surface area contributed by atoms with Gasteiger partial charge in [-0.05, 0) is 42.7 Å². The predicted octanol–water partition coefficient (Wildman–Crippen LogP) is 4.48. The fourth-order valence-electron chi connectivity index (χ4n) is 3.28. The van der Waals surface area contributed by atoms with E-state index in [0.717, 1.165) is 54.4 Å². The van der Waals surface area contributed by atoms with Crippen LogP contribution in [0.2, 0.25) is 5.02 Å². The van der Waals surface area contributed by atoms with Crippen LogP contribution in [0.4, 0.5) is 16.2 Å². The van der Waals surface area contributed by atoms with Gasteiger partial charge in [0.15, 0.2) is 0 Å². The van der Waals surface area contributed by atoms with Gasteiger partial charge in [-0.15, -0.1) is 0 Å². The normalized spacial score (nSPS) is 16.9. The largest absolute Gasteiger partial charge is 0.369 e. The molecular formula is C20H23ClN4OS. The number of halogens is 1. The summed E-state index contributed by atoms with van der Waals surface area (Å²) in [5.74, 6) is 2.25. The Morgan fingerprint density at radius 2 is 2.11 bits per heavy atom. The molecule has 2 aliphatic rings. The Morgan fingerprint density at radius 3 is 2.78 bits per heavy atom. The topological polar surface area (TPSA) is 48.5 Å². The van der Waals surface area contributed by atoms with Crippen molar-refractivity contribution in [2.75, 3.05) is 34.8 Å². The average molecular weight is 403 g/mol. The van der Waals surface area contributed by atoms with Crippen LogP contribution < -0.4 is 10.2 Å². The van der Waals surface area contributed by atoms with Crippen LogP contribution in [0.3, 0.4) is 0 Å². The first kappa shape index (κ1) is 18.4. The van der Waals surface area contributed by atoms with Crippen LogP contribution in [-0.2, 0) is 6.54 Å². The standard InChI is InChI=1S/C20H23ClN4OS/c21-18-12-16(3-6-19(18)24-8-10-27-11-9-24)23-20(26)25(17-4-5-17)14-15-2-1-7-22-13-15/h1-3,6-7,12-13,17H,4-5,8-11,14H2,(H,23,26). The summed E-state index contributed by atoms with van der Waals surface area (Å²) in [5, 5.41) is 3.70. The summed E-state index contributed by atoms with van der Waals surface area (Å²) in [7, 11) is 0. The van der Waals surface area contributed by atoms with Crippen molar-refractivity contribution < 1.29 is 4.79 Å². The van der Waals surface area contributed by atoms with E-state index in [4.69, 9.17) is 11.6 Å². The van der Waals surface area contributed by atoms with Gasteiger partial charge in [0, 0.05) is 55.3 Å². The van der Waals surface area contributed by atoms with Crippen LogP contribution >= 0.6 is 23.4 Å². The highest BCUT2D eigenvalue weighted by atomic mass is 35.5. The molecule has 7 heteroatoms. The number of carbonyl (C=O) groups is 1. The smallest absolute Gasteiger partial charge is 0.322 e. The van der Waals surface area contributed by atoms with E-state index in [1.54, 1.807) is 6.20 Å². The van der Waals surface area contributed by atoms with Crippen molar-refractivity contribution in [1.82, 2.24) is 9.88 Å². The molecule has 1 aliphatic carbocycles. The Hall–Kier alpha value is -1.92. The average Bonchev–Trinajstić information content (AvgIpc) is 3.53. The first-order valence-corrected chi connectivity index (χ1v) is 10.8. The van der Waals surface area contributed by atoms with E-state index in [0.29, 0.717) is 17.6 Å². The third kappa shape index (κ3) is 4.68. The van der Waals surface area contributed by atoms with Gasteiger partial charge in [0.1, 0.15) is 0 Å². The molecule has 1 aromatic carbocycles. The highest BCUT2D eigenvalue weighted by Gasteiger charge is 2.32. The number of thioether (sulfide) groups is 1. The molecule has 2 heterocycles. The van der Waals surface area contributed by atoms with E-state index >= 15 is 0 Å². The summed E-state index contributed by atoms with van der Waals surface area (Å²) in [6, 6.07) is 9.93. The Bertz CT molecular complexity index is 794. The lowest BCUT2D eigenvalue weighted by Gasteiger charge is -2.29. The third-order valence-corrected chi connectivity index (χ3v) is 6.12. The van der Waals surface area contributed by atoms with Crippen LogP contribution in [0, 0.1) is 0 Å². The molecule has 4 rings (SSSR count). The third-order valence-electron chi connectivity index (χ3n) is 4.87. The second kappa shape index (κ2) is 8.40. The minimum absolute atomic E-state index is 0.0838. The Kier molecular flexibility index (Phi) is 5.74. The molecule has 0 radical (unpaired) electrons. The number of pyridine rings is 1. The van der Waals surface area contributed by atoms with Gasteiger partial charge in [0.2, 0.25) is 0 Å². The number of amides is 2. The number of carbonyl (C=O) groups excluding carboxylic acids is 1. The zero-order valence-electron chi connectivity index (χ0n) is 15.1. The lowest BCUT2D eigenvalue weighted by Crippen LogP contribution is -2.36. The summed E-state index contributed by atoms with van der Waals surface area (Å²) in [4.78, 5) is 21.2. The number of hydrogen-bond acceptors (Lipinski definition) is 4. The summed E-state index contributed by atoms with van der Waals surface area (Å²) in [5.41, 5.74) is 2.82. The van der Waals surface area contributed by atoms with Gasteiger partial charge in [0.25, 0.3) is 0 Å². The maximum Gasteiger partial charge on any atom is 0.322 e. The lowest BCUT2D eigenvalue weighted by atomic mass is 10.2. The van der Waals surface area contributed by atoms with E-state index in [2.05, 4.69) is 15.2 Å². The Morgan fingerprint density at radius 1 is 1.30 bits per heavy atom. The molecule has 1 aliphatic heterocycles. The second-order valence-corrected chi connectivity index (χ2v) is 8.55. The van der Waals surface area contributed by atoms with E-state index in [1.807, 2.05) is 53.2 Å². The van der Waals surface area contributed by atoms with Gasteiger partial charge in [-0.25, -0.2) is 4.79 Å². The first-order chi connectivity index (χ1) is 13.2. The number of nitrogens with one attached hydrogen (secondary N) is 1. The highest BCUT2D eigenvalue weighted by molar-refractivity contribution is 7.99. The minimum Gasteiger partial charge on any atom is -0.369 e. The van der Waals surface area contributed by atoms with Crippen LogP contribution in [-0.4, -0.2) is 46.6 Å². The maximum atomic E-state index is 12.8. The molecule has 0 bridgehead atoms. The minimum atomic E-state index is -0.0838. The highest BCUT2D eigenvalue weighted by Crippen LogP contribution is 2.32. The maximum absolute atomic E-state index is 12.8. The summed E-state index contributed by atoms with van der Waals surface area (Å²) in [6.07, 6.45) is 5.67. The van der Waals surface area contributed by atoms with Gasteiger partial charge in [-0.1, -0.05) is 17.7 Å². The van der Waals surface area contributed by atoms with Gasteiger partial charge in [0.05, 0.1) is 10.7 Å². The molecule has 1 saturated carbocycles. The first-order valence-electron chi connectivity index (χ1n) is 9.29. The number of nitrogens with zero attached hydrogens (tertiary/aromatic N) is 3. The molecule has 2 fully saturated rings. The zero-order valence-corrected chi connectivity index (χ0v) is 16.7. The fraction of sp³-hybridized carbons (Fsp3) is 0.400. The molecule has 0 atom stereocenters. The lowest BCUT2D eigenvalue weighted by molar-refractivity contribution is 0.206. The number of benzene rings is 1. The fourth-order valence-corrected chi connectivity index (χ4v) is 4.49. The van der Waals surface area contributed by atoms with Crippen LogP contribution in [0.5, 0.6) is 0 Å². The molecule has 1 saturated heterocycles. The van der Waals surface area contributed by atoms with Crippen molar-refractivity contribution in [2.45, 2.75) is 25.4 Å². The van der Waals surface area contributed by atoms with Crippen molar-refractivity contribution in [2.24, 2.45) is 0 Å². The molecule has 1 N–H and O–H groups in total. The number of anilines is 2. The number of hydrogen-bond donors (Lipinski definition) is 1. The predicted molar refractivity (Wildman–Crippen MR) is 113 cm³/mol. The van der Waals surface area contributed by atoms with E-state index < -0.39 is 0 Å². The van der Waals surface area contributed by atoms with Gasteiger partial charge in [-0.3, -0.25) is 4.98 Å². The van der Waals surface area contributed by atoms with E-state index in [9.17, 15) is 4.79 Å². The molecule has 142 valence electrons. The molecule has 0 spiro atoms. The van der Waals surface area contributed by atoms with E-state index in [-0.39, 0.29) is 6.03 Å². The molecule has 5 nitrogen and oxygen atoms in total. The van der Waals surface area contributed by atoms with Crippen molar-refractivity contribution >= 4 is 40.8 Å². The van der Waals surface area contributed by atoms with Crippen molar-refractivity contribution in [1.29, 1.82) is 0 Å². The van der Waals surface area contributed by atoms with Gasteiger partial charge in [-0.2, -0.15) is 11.8 Å². The quantitative estimate of drug-likeness (QED) is 0.800. The molecule has 2 amide bonds. The number of aromatic nitrogens is 1. The molecule has 2 aromatic rings. The molecular weight excluding hydrogens is 380 g/mol. The number of urea groups is 1.